The lowest BCUT2D eigenvalue weighted by molar-refractivity contribution is 0.346. The van der Waals surface area contributed by atoms with E-state index in [1.807, 2.05) is 0 Å². The Labute approximate surface area is 175 Å². The number of hydrogen-bond donors (Lipinski definition) is 1. The second kappa shape index (κ2) is 8.20. The van der Waals surface area contributed by atoms with E-state index in [0.717, 1.165) is 24.8 Å². The van der Waals surface area contributed by atoms with E-state index < -0.39 is 20.0 Å². The second-order valence-corrected chi connectivity index (χ2v) is 11.0. The van der Waals surface area contributed by atoms with Crippen molar-refractivity contribution in [3.05, 3.63) is 52.0 Å². The van der Waals surface area contributed by atoms with E-state index in [0.29, 0.717) is 13.1 Å². The van der Waals surface area contributed by atoms with Crippen LogP contribution in [0.25, 0.3) is 0 Å². The van der Waals surface area contributed by atoms with E-state index in [-0.39, 0.29) is 25.5 Å². The second-order valence-electron chi connectivity index (χ2n) is 6.65. The molecule has 1 N–H and O–H groups in total. The maximum absolute atomic E-state index is 12.9. The van der Waals surface area contributed by atoms with Gasteiger partial charge in [0.15, 0.2) is 0 Å². The molecule has 2 aromatic carbocycles. The van der Waals surface area contributed by atoms with Gasteiger partial charge in [0.2, 0.25) is 10.0 Å². The Hall–Kier alpha value is -1.32. The van der Waals surface area contributed by atoms with Crippen LogP contribution < -0.4 is 4.72 Å². The summed E-state index contributed by atoms with van der Waals surface area (Å²) < 4.78 is 55.0. The first-order valence-corrected chi connectivity index (χ1v) is 12.4. The van der Waals surface area contributed by atoms with Gasteiger partial charge >= 0.3 is 0 Å². The lowest BCUT2D eigenvalue weighted by atomic mass is 10.2. The molecule has 0 saturated carbocycles. The van der Waals surface area contributed by atoms with Gasteiger partial charge in [0.1, 0.15) is 9.79 Å². The van der Waals surface area contributed by atoms with Crippen molar-refractivity contribution in [1.82, 2.24) is 4.31 Å². The van der Waals surface area contributed by atoms with Gasteiger partial charge in [-0.3, -0.25) is 4.72 Å². The number of hydrogen-bond acceptors (Lipinski definition) is 4. The molecule has 0 aromatic heterocycles. The summed E-state index contributed by atoms with van der Waals surface area (Å²) in [6.07, 6.45) is 2.56. The average Bonchev–Trinajstić information content (AvgIpc) is 2.63. The minimum absolute atomic E-state index is 0.0434. The Morgan fingerprint density at radius 2 is 1.54 bits per heavy atom. The van der Waals surface area contributed by atoms with E-state index in [4.69, 9.17) is 23.2 Å². The molecule has 1 aliphatic heterocycles. The van der Waals surface area contributed by atoms with Gasteiger partial charge in [-0.15, -0.1) is 0 Å². The number of nitrogens with one attached hydrogen (secondary N) is 1. The Kier molecular flexibility index (Phi) is 6.26. The normalized spacial score (nSPS) is 16.1. The number of aryl methyl sites for hydroxylation is 1. The Morgan fingerprint density at radius 3 is 2.18 bits per heavy atom. The first-order valence-electron chi connectivity index (χ1n) is 8.70. The van der Waals surface area contributed by atoms with Crippen LogP contribution in [0.5, 0.6) is 0 Å². The molecule has 0 spiro atoms. The van der Waals surface area contributed by atoms with E-state index >= 15 is 0 Å². The van der Waals surface area contributed by atoms with Gasteiger partial charge in [0.05, 0.1) is 15.7 Å². The van der Waals surface area contributed by atoms with Gasteiger partial charge in [-0.25, -0.2) is 16.8 Å². The highest BCUT2D eigenvalue weighted by molar-refractivity contribution is 7.93. The van der Waals surface area contributed by atoms with Crippen LogP contribution in [0, 0.1) is 6.92 Å². The predicted molar refractivity (Wildman–Crippen MR) is 111 cm³/mol. The van der Waals surface area contributed by atoms with Crippen LogP contribution in [0.4, 0.5) is 5.69 Å². The van der Waals surface area contributed by atoms with Crippen molar-refractivity contribution < 1.29 is 16.8 Å². The van der Waals surface area contributed by atoms with E-state index in [1.54, 1.807) is 19.1 Å². The van der Waals surface area contributed by atoms with Crippen LogP contribution in [0.2, 0.25) is 10.0 Å². The minimum atomic E-state index is -3.99. The monoisotopic (exact) mass is 462 g/mol. The highest BCUT2D eigenvalue weighted by Crippen LogP contribution is 2.31. The van der Waals surface area contributed by atoms with Crippen molar-refractivity contribution in [2.24, 2.45) is 0 Å². The Morgan fingerprint density at radius 1 is 0.857 bits per heavy atom. The van der Waals surface area contributed by atoms with Crippen LogP contribution in [-0.4, -0.2) is 34.2 Å². The average molecular weight is 463 g/mol. The quantitative estimate of drug-likeness (QED) is 0.718. The number of halogens is 2. The van der Waals surface area contributed by atoms with Gasteiger partial charge in [-0.1, -0.05) is 35.7 Å². The third-order valence-electron chi connectivity index (χ3n) is 4.49. The maximum Gasteiger partial charge on any atom is 0.263 e. The standard InChI is InChI=1S/C18H20Cl2N2O4S2/c1-13-5-8-17(16(20)11-13)27(23,24)21-14-6-7-15(19)18(12-14)28(25,26)22-9-3-2-4-10-22/h5-8,11-12,21H,2-4,9-10H2,1H3. The van der Waals surface area contributed by atoms with Gasteiger partial charge in [-0.05, 0) is 55.7 Å². The van der Waals surface area contributed by atoms with Gasteiger partial charge in [0.25, 0.3) is 10.0 Å². The fourth-order valence-electron chi connectivity index (χ4n) is 3.04. The summed E-state index contributed by atoms with van der Waals surface area (Å²) in [5.41, 5.74) is 0.919. The SMILES string of the molecule is Cc1ccc(S(=O)(=O)Nc2ccc(Cl)c(S(=O)(=O)N3CCCCC3)c2)c(Cl)c1. The molecule has 152 valence electrons. The Balaban J connectivity index is 1.95. The van der Waals surface area contributed by atoms with Crippen molar-refractivity contribution in [2.75, 3.05) is 17.8 Å². The van der Waals surface area contributed by atoms with Gasteiger partial charge in [0, 0.05) is 13.1 Å². The zero-order chi connectivity index (χ0) is 20.5. The largest absolute Gasteiger partial charge is 0.280 e. The molecule has 0 radical (unpaired) electrons. The lowest BCUT2D eigenvalue weighted by Crippen LogP contribution is -2.35. The molecule has 0 aliphatic carbocycles. The highest BCUT2D eigenvalue weighted by atomic mass is 35.5. The van der Waals surface area contributed by atoms with E-state index in [9.17, 15) is 16.8 Å². The number of sulfonamides is 2. The molecule has 0 atom stereocenters. The van der Waals surface area contributed by atoms with E-state index in [2.05, 4.69) is 4.72 Å². The number of rotatable bonds is 5. The van der Waals surface area contributed by atoms with Gasteiger partial charge in [-0.2, -0.15) is 4.31 Å². The Bertz CT molecular complexity index is 1100. The van der Waals surface area contributed by atoms with Crippen LogP contribution in [0.15, 0.2) is 46.2 Å². The van der Waals surface area contributed by atoms with Crippen molar-refractivity contribution >= 4 is 48.9 Å². The summed E-state index contributed by atoms with van der Waals surface area (Å²) in [5.74, 6) is 0. The van der Waals surface area contributed by atoms with Crippen molar-refractivity contribution in [3.63, 3.8) is 0 Å². The molecular formula is C18H20Cl2N2O4S2. The van der Waals surface area contributed by atoms with Crippen LogP contribution in [-0.2, 0) is 20.0 Å². The number of nitrogens with zero attached hydrogens (tertiary/aromatic N) is 1. The van der Waals surface area contributed by atoms with E-state index in [1.165, 1.54) is 28.6 Å². The first-order chi connectivity index (χ1) is 13.1. The third kappa shape index (κ3) is 4.46. The fraction of sp³-hybridized carbons (Fsp3) is 0.333. The van der Waals surface area contributed by atoms with Crippen molar-refractivity contribution in [3.8, 4) is 0 Å². The number of piperidine rings is 1. The van der Waals surface area contributed by atoms with Gasteiger partial charge < -0.3 is 0 Å². The van der Waals surface area contributed by atoms with Crippen molar-refractivity contribution in [1.29, 1.82) is 0 Å². The first kappa shape index (κ1) is 21.4. The minimum Gasteiger partial charge on any atom is -0.280 e. The summed E-state index contributed by atoms with van der Waals surface area (Å²) in [4.78, 5) is -0.207. The molecule has 3 rings (SSSR count). The molecule has 1 saturated heterocycles. The molecule has 0 bridgehead atoms. The molecular weight excluding hydrogens is 443 g/mol. The third-order valence-corrected chi connectivity index (χ3v) is 8.74. The molecule has 0 unspecified atom stereocenters. The molecule has 6 nitrogen and oxygen atoms in total. The summed E-state index contributed by atoms with van der Waals surface area (Å²) in [6, 6.07) is 8.61. The molecule has 1 heterocycles. The number of benzene rings is 2. The molecule has 1 fully saturated rings. The topological polar surface area (TPSA) is 83.5 Å². The summed E-state index contributed by atoms with van der Waals surface area (Å²) >= 11 is 12.2. The molecule has 2 aromatic rings. The van der Waals surface area contributed by atoms with Crippen LogP contribution >= 0.6 is 23.2 Å². The summed E-state index contributed by atoms with van der Waals surface area (Å²) in [7, 11) is -7.80. The maximum atomic E-state index is 12.9. The molecule has 1 aliphatic rings. The van der Waals surface area contributed by atoms with Crippen molar-refractivity contribution in [2.45, 2.75) is 36.0 Å². The summed E-state index contributed by atoms with van der Waals surface area (Å²) in [5, 5.41) is 0.129. The molecule has 10 heteroatoms. The summed E-state index contributed by atoms with van der Waals surface area (Å²) in [6.45, 7) is 2.65. The highest BCUT2D eigenvalue weighted by Gasteiger charge is 2.29. The smallest absolute Gasteiger partial charge is 0.263 e. The fourth-order valence-corrected chi connectivity index (χ4v) is 6.71. The molecule has 0 amide bonds. The number of anilines is 1. The zero-order valence-electron chi connectivity index (χ0n) is 15.2. The zero-order valence-corrected chi connectivity index (χ0v) is 18.3. The lowest BCUT2D eigenvalue weighted by Gasteiger charge is -2.26. The predicted octanol–water partition coefficient (Wildman–Crippen LogP) is 4.28. The van der Waals surface area contributed by atoms with Crippen LogP contribution in [0.3, 0.4) is 0 Å². The molecule has 28 heavy (non-hydrogen) atoms. The van der Waals surface area contributed by atoms with Crippen LogP contribution in [0.1, 0.15) is 24.8 Å².